The summed E-state index contributed by atoms with van der Waals surface area (Å²) in [5.41, 5.74) is 7.07. The maximum absolute atomic E-state index is 9.61. The van der Waals surface area contributed by atoms with Crippen molar-refractivity contribution in [1.82, 2.24) is 0 Å². The lowest BCUT2D eigenvalue weighted by Crippen LogP contribution is -2.33. The molecule has 2 rings (SSSR count). The molecule has 0 atom stereocenters. The van der Waals surface area contributed by atoms with Crippen LogP contribution in [0.4, 0.5) is 0 Å². The van der Waals surface area contributed by atoms with E-state index < -0.39 is 0 Å². The molecule has 0 radical (unpaired) electrons. The number of methoxy groups -OCH3 is 1. The minimum atomic E-state index is -0.304. The number of phenolic OH excluding ortho intramolecular Hbond substituents is 1. The molecule has 0 saturated heterocycles. The quantitative estimate of drug-likeness (QED) is 0.879. The van der Waals surface area contributed by atoms with E-state index >= 15 is 0 Å². The highest BCUT2D eigenvalue weighted by atomic mass is 79.9. The van der Waals surface area contributed by atoms with Crippen LogP contribution >= 0.6 is 15.9 Å². The van der Waals surface area contributed by atoms with Gasteiger partial charge in [0.25, 0.3) is 0 Å². The zero-order chi connectivity index (χ0) is 11.8. The van der Waals surface area contributed by atoms with Crippen LogP contribution in [-0.4, -0.2) is 12.2 Å². The Hall–Kier alpha value is -0.740. The van der Waals surface area contributed by atoms with Gasteiger partial charge in [0.2, 0.25) is 0 Å². The summed E-state index contributed by atoms with van der Waals surface area (Å²) in [6.45, 7) is 0. The lowest BCUT2D eigenvalue weighted by molar-refractivity contribution is 0.371. The van der Waals surface area contributed by atoms with Gasteiger partial charge in [0, 0.05) is 11.1 Å². The third-order valence-electron chi connectivity index (χ3n) is 3.31. The first-order chi connectivity index (χ1) is 7.58. The summed E-state index contributed by atoms with van der Waals surface area (Å²) in [4.78, 5) is 0. The van der Waals surface area contributed by atoms with E-state index in [-0.39, 0.29) is 11.3 Å². The average molecular weight is 286 g/mol. The van der Waals surface area contributed by atoms with Crippen LogP contribution in [-0.2, 0) is 5.54 Å². The Morgan fingerprint density at radius 1 is 1.38 bits per heavy atom. The van der Waals surface area contributed by atoms with Gasteiger partial charge < -0.3 is 15.6 Å². The summed E-state index contributed by atoms with van der Waals surface area (Å²) in [7, 11) is 1.60. The number of phenols is 1. The second-order valence-corrected chi connectivity index (χ2v) is 5.14. The second-order valence-electron chi connectivity index (χ2n) is 4.34. The third-order valence-corrected chi connectivity index (χ3v) is 4.08. The fraction of sp³-hybridized carbons (Fsp3) is 0.500. The molecule has 3 nitrogen and oxygen atoms in total. The molecule has 1 aliphatic rings. The number of aromatic hydroxyl groups is 1. The highest BCUT2D eigenvalue weighted by Gasteiger charge is 2.34. The van der Waals surface area contributed by atoms with Crippen molar-refractivity contribution in [2.45, 2.75) is 31.2 Å². The monoisotopic (exact) mass is 285 g/mol. The molecule has 88 valence electrons. The molecule has 1 saturated carbocycles. The lowest BCUT2D eigenvalue weighted by Gasteiger charge is -2.27. The first-order valence-electron chi connectivity index (χ1n) is 5.43. The van der Waals surface area contributed by atoms with Gasteiger partial charge in [-0.25, -0.2) is 0 Å². The fourth-order valence-corrected chi connectivity index (χ4v) is 2.92. The molecule has 0 heterocycles. The zero-order valence-electron chi connectivity index (χ0n) is 9.29. The average Bonchev–Trinajstić information content (AvgIpc) is 2.70. The van der Waals surface area contributed by atoms with Crippen molar-refractivity contribution < 1.29 is 9.84 Å². The minimum Gasteiger partial charge on any atom is -0.507 e. The topological polar surface area (TPSA) is 55.5 Å². The van der Waals surface area contributed by atoms with E-state index in [4.69, 9.17) is 10.5 Å². The lowest BCUT2D eigenvalue weighted by atomic mass is 9.88. The van der Waals surface area contributed by atoms with Crippen LogP contribution in [0.15, 0.2) is 16.6 Å². The zero-order valence-corrected chi connectivity index (χ0v) is 10.9. The van der Waals surface area contributed by atoms with E-state index in [0.29, 0.717) is 10.2 Å². The van der Waals surface area contributed by atoms with Crippen molar-refractivity contribution in [2.75, 3.05) is 7.11 Å². The van der Waals surface area contributed by atoms with E-state index in [2.05, 4.69) is 15.9 Å². The molecular formula is C12H16BrNO2. The largest absolute Gasteiger partial charge is 0.507 e. The summed E-state index contributed by atoms with van der Waals surface area (Å²) in [6.07, 6.45) is 4.25. The molecule has 0 aliphatic heterocycles. The van der Waals surface area contributed by atoms with Crippen molar-refractivity contribution in [3.63, 3.8) is 0 Å². The smallest absolute Gasteiger partial charge is 0.141 e. The molecule has 1 aliphatic carbocycles. The summed E-state index contributed by atoms with van der Waals surface area (Å²) >= 11 is 3.33. The predicted molar refractivity (Wildman–Crippen MR) is 66.7 cm³/mol. The predicted octanol–water partition coefficient (Wildman–Crippen LogP) is 2.89. The van der Waals surface area contributed by atoms with Crippen LogP contribution in [0.25, 0.3) is 0 Å². The van der Waals surface area contributed by atoms with Crippen LogP contribution in [0.3, 0.4) is 0 Å². The number of hydrogen-bond donors (Lipinski definition) is 2. The molecule has 1 aromatic carbocycles. The summed E-state index contributed by atoms with van der Waals surface area (Å²) in [6, 6.07) is 3.53. The summed E-state index contributed by atoms with van der Waals surface area (Å²) in [5.74, 6) is 0.839. The van der Waals surface area contributed by atoms with Crippen LogP contribution in [0.5, 0.6) is 11.5 Å². The molecule has 0 aromatic heterocycles. The normalized spacial score (nSPS) is 18.7. The second kappa shape index (κ2) is 4.26. The Balaban J connectivity index is 2.52. The van der Waals surface area contributed by atoms with Gasteiger partial charge in [-0.1, -0.05) is 12.8 Å². The highest BCUT2D eigenvalue weighted by Crippen LogP contribution is 2.45. The molecule has 0 bridgehead atoms. The summed E-state index contributed by atoms with van der Waals surface area (Å²) in [5, 5.41) is 9.61. The molecular weight excluding hydrogens is 270 g/mol. The van der Waals surface area contributed by atoms with E-state index in [1.165, 1.54) is 0 Å². The van der Waals surface area contributed by atoms with Crippen molar-refractivity contribution in [3.05, 3.63) is 22.2 Å². The fourth-order valence-electron chi connectivity index (χ4n) is 2.41. The molecule has 0 spiro atoms. The number of ether oxygens (including phenoxy) is 1. The minimum absolute atomic E-state index is 0.183. The Labute approximate surface area is 104 Å². The molecule has 16 heavy (non-hydrogen) atoms. The van der Waals surface area contributed by atoms with Crippen LogP contribution < -0.4 is 10.5 Å². The van der Waals surface area contributed by atoms with Gasteiger partial charge in [0.1, 0.15) is 16.0 Å². The van der Waals surface area contributed by atoms with Gasteiger partial charge in [-0.15, -0.1) is 0 Å². The van der Waals surface area contributed by atoms with Gasteiger partial charge >= 0.3 is 0 Å². The number of hydrogen-bond acceptors (Lipinski definition) is 3. The van der Waals surface area contributed by atoms with Gasteiger partial charge in [-0.3, -0.25) is 0 Å². The van der Waals surface area contributed by atoms with E-state index in [0.717, 1.165) is 31.2 Å². The van der Waals surface area contributed by atoms with Crippen LogP contribution in [0, 0.1) is 0 Å². The van der Waals surface area contributed by atoms with Crippen molar-refractivity contribution >= 4 is 15.9 Å². The maximum Gasteiger partial charge on any atom is 0.141 e. The van der Waals surface area contributed by atoms with Gasteiger partial charge in [-0.2, -0.15) is 0 Å². The molecule has 4 heteroatoms. The SMILES string of the molecule is COc1c(C2(N)CCCC2)ccc(O)c1Br. The Morgan fingerprint density at radius 2 is 2.00 bits per heavy atom. The Morgan fingerprint density at radius 3 is 2.56 bits per heavy atom. The first kappa shape index (κ1) is 11.7. The number of halogens is 1. The standard InChI is InChI=1S/C12H16BrNO2/c1-16-11-8(4-5-9(15)10(11)13)12(14)6-2-3-7-12/h4-5,15H,2-3,6-7,14H2,1H3. The first-order valence-corrected chi connectivity index (χ1v) is 6.22. The molecule has 1 aromatic rings. The van der Waals surface area contributed by atoms with E-state index in [9.17, 15) is 5.11 Å². The molecule has 0 amide bonds. The summed E-state index contributed by atoms with van der Waals surface area (Å²) < 4.78 is 5.93. The van der Waals surface area contributed by atoms with Crippen molar-refractivity contribution in [2.24, 2.45) is 5.73 Å². The Kier molecular flexibility index (Phi) is 3.13. The van der Waals surface area contributed by atoms with Crippen molar-refractivity contribution in [3.8, 4) is 11.5 Å². The van der Waals surface area contributed by atoms with Crippen LogP contribution in [0.2, 0.25) is 0 Å². The van der Waals surface area contributed by atoms with Crippen molar-refractivity contribution in [1.29, 1.82) is 0 Å². The maximum atomic E-state index is 9.61. The van der Waals surface area contributed by atoms with E-state index in [1.807, 2.05) is 6.07 Å². The number of nitrogens with two attached hydrogens (primary N) is 1. The molecule has 0 unspecified atom stereocenters. The number of benzene rings is 1. The van der Waals surface area contributed by atoms with Gasteiger partial charge in [0.15, 0.2) is 0 Å². The number of rotatable bonds is 2. The third kappa shape index (κ3) is 1.80. The van der Waals surface area contributed by atoms with E-state index in [1.54, 1.807) is 13.2 Å². The van der Waals surface area contributed by atoms with Gasteiger partial charge in [-0.05, 0) is 40.9 Å². The van der Waals surface area contributed by atoms with Gasteiger partial charge in [0.05, 0.1) is 7.11 Å². The molecule has 1 fully saturated rings. The molecule has 3 N–H and O–H groups in total. The van der Waals surface area contributed by atoms with Crippen LogP contribution in [0.1, 0.15) is 31.2 Å². The Bertz CT molecular complexity index is 400. The highest BCUT2D eigenvalue weighted by molar-refractivity contribution is 9.10.